The highest BCUT2D eigenvalue weighted by Crippen LogP contribution is 2.39. The van der Waals surface area contributed by atoms with Crippen LogP contribution in [0.2, 0.25) is 0 Å². The molecule has 1 aromatic carbocycles. The minimum absolute atomic E-state index is 0.0562. The second-order valence-corrected chi connectivity index (χ2v) is 6.60. The standard InChI is InChI=1S/C18H21N5O/c1-12(23-11-19-15-5-3-4-6-17(15)23)18(24)22(2)10-14-9-16(21-20-14)13-7-8-13/h3-6,9,11-13H,7-8,10H2,1-2H3,(H,20,21)/t12-/m0/s1. The molecule has 0 saturated heterocycles. The zero-order valence-electron chi connectivity index (χ0n) is 13.9. The topological polar surface area (TPSA) is 66.8 Å². The third-order valence-electron chi connectivity index (χ3n) is 4.69. The number of likely N-dealkylation sites (N-methyl/N-ethyl adjacent to an activating group) is 1. The second-order valence-electron chi connectivity index (χ2n) is 6.60. The number of benzene rings is 1. The Kier molecular flexibility index (Phi) is 3.59. The molecule has 2 aromatic heterocycles. The van der Waals surface area contributed by atoms with Crippen LogP contribution in [0.4, 0.5) is 0 Å². The molecule has 1 aliphatic carbocycles. The lowest BCUT2D eigenvalue weighted by Gasteiger charge is -2.22. The van der Waals surface area contributed by atoms with Crippen molar-refractivity contribution in [1.82, 2.24) is 24.6 Å². The molecule has 0 aliphatic heterocycles. The van der Waals surface area contributed by atoms with Crippen molar-refractivity contribution in [2.75, 3.05) is 7.05 Å². The Hall–Kier alpha value is -2.63. The molecular weight excluding hydrogens is 302 g/mol. The summed E-state index contributed by atoms with van der Waals surface area (Å²) in [4.78, 5) is 18.9. The van der Waals surface area contributed by atoms with E-state index in [0.29, 0.717) is 12.5 Å². The third kappa shape index (κ3) is 2.68. The summed E-state index contributed by atoms with van der Waals surface area (Å²) >= 11 is 0. The number of carbonyl (C=O) groups is 1. The summed E-state index contributed by atoms with van der Waals surface area (Å²) in [6.07, 6.45) is 4.19. The highest BCUT2D eigenvalue weighted by atomic mass is 16.2. The maximum absolute atomic E-state index is 12.8. The van der Waals surface area contributed by atoms with E-state index in [2.05, 4.69) is 21.2 Å². The predicted octanol–water partition coefficient (Wildman–Crippen LogP) is 2.86. The van der Waals surface area contributed by atoms with Gasteiger partial charge in [0, 0.05) is 13.0 Å². The number of imidazole rings is 1. The van der Waals surface area contributed by atoms with E-state index in [1.807, 2.05) is 42.8 Å². The van der Waals surface area contributed by atoms with Gasteiger partial charge in [0.05, 0.1) is 35.3 Å². The number of nitrogens with zero attached hydrogens (tertiary/aromatic N) is 4. The quantitative estimate of drug-likeness (QED) is 0.785. The van der Waals surface area contributed by atoms with Crippen LogP contribution >= 0.6 is 0 Å². The van der Waals surface area contributed by atoms with Crippen LogP contribution in [0.3, 0.4) is 0 Å². The predicted molar refractivity (Wildman–Crippen MR) is 91.5 cm³/mol. The highest BCUT2D eigenvalue weighted by Gasteiger charge is 2.27. The fourth-order valence-corrected chi connectivity index (χ4v) is 3.11. The van der Waals surface area contributed by atoms with E-state index in [0.717, 1.165) is 22.4 Å². The van der Waals surface area contributed by atoms with Crippen molar-refractivity contribution in [3.63, 3.8) is 0 Å². The van der Waals surface area contributed by atoms with Crippen LogP contribution < -0.4 is 0 Å². The summed E-state index contributed by atoms with van der Waals surface area (Å²) in [5.74, 6) is 0.674. The Balaban J connectivity index is 1.49. The average molecular weight is 323 g/mol. The molecule has 124 valence electrons. The van der Waals surface area contributed by atoms with Crippen molar-refractivity contribution in [3.8, 4) is 0 Å². The molecule has 24 heavy (non-hydrogen) atoms. The van der Waals surface area contributed by atoms with Gasteiger partial charge in [0.1, 0.15) is 6.04 Å². The maximum Gasteiger partial charge on any atom is 0.245 e. The molecular formula is C18H21N5O. The van der Waals surface area contributed by atoms with Gasteiger partial charge in [0.15, 0.2) is 0 Å². The first-order chi connectivity index (χ1) is 11.6. The van der Waals surface area contributed by atoms with Gasteiger partial charge in [-0.2, -0.15) is 5.10 Å². The van der Waals surface area contributed by atoms with Crippen molar-refractivity contribution in [1.29, 1.82) is 0 Å². The summed E-state index contributed by atoms with van der Waals surface area (Å²) in [5, 5.41) is 7.40. The van der Waals surface area contributed by atoms with Crippen LogP contribution in [0.5, 0.6) is 0 Å². The smallest absolute Gasteiger partial charge is 0.245 e. The SMILES string of the molecule is C[C@@H](C(=O)N(C)Cc1cc(C2CC2)n[nH]1)n1cnc2ccccc21. The number of rotatable bonds is 5. The van der Waals surface area contributed by atoms with Gasteiger partial charge in [-0.25, -0.2) is 4.98 Å². The Morgan fingerprint density at radius 3 is 3.00 bits per heavy atom. The molecule has 1 fully saturated rings. The van der Waals surface area contributed by atoms with E-state index in [9.17, 15) is 4.79 Å². The van der Waals surface area contributed by atoms with Crippen LogP contribution in [0.15, 0.2) is 36.7 Å². The first kappa shape index (κ1) is 14.9. The minimum atomic E-state index is -0.298. The van der Waals surface area contributed by atoms with Crippen LogP contribution in [0, 0.1) is 0 Å². The van der Waals surface area contributed by atoms with Gasteiger partial charge in [-0.1, -0.05) is 12.1 Å². The molecule has 1 saturated carbocycles. The fraction of sp³-hybridized carbons (Fsp3) is 0.389. The zero-order valence-corrected chi connectivity index (χ0v) is 13.9. The lowest BCUT2D eigenvalue weighted by molar-refractivity contribution is -0.133. The number of carbonyl (C=O) groups excluding carboxylic acids is 1. The van der Waals surface area contributed by atoms with Crippen LogP contribution in [-0.2, 0) is 11.3 Å². The summed E-state index contributed by atoms with van der Waals surface area (Å²) < 4.78 is 1.93. The fourth-order valence-electron chi connectivity index (χ4n) is 3.11. The van der Waals surface area contributed by atoms with Gasteiger partial charge in [0.25, 0.3) is 0 Å². The van der Waals surface area contributed by atoms with Crippen LogP contribution in [0.1, 0.15) is 43.1 Å². The molecule has 6 nitrogen and oxygen atoms in total. The molecule has 0 spiro atoms. The molecule has 2 heterocycles. The van der Waals surface area contributed by atoms with E-state index in [1.54, 1.807) is 11.2 Å². The Morgan fingerprint density at radius 1 is 1.42 bits per heavy atom. The molecule has 3 aromatic rings. The number of amides is 1. The van der Waals surface area contributed by atoms with Crippen molar-refractivity contribution in [2.45, 2.75) is 38.3 Å². The Morgan fingerprint density at radius 2 is 2.21 bits per heavy atom. The molecule has 0 unspecified atom stereocenters. The van der Waals surface area contributed by atoms with Gasteiger partial charge in [-0.3, -0.25) is 9.89 Å². The van der Waals surface area contributed by atoms with Gasteiger partial charge in [-0.15, -0.1) is 0 Å². The van der Waals surface area contributed by atoms with Crippen molar-refractivity contribution < 1.29 is 4.79 Å². The molecule has 1 amide bonds. The lowest BCUT2D eigenvalue weighted by Crippen LogP contribution is -2.32. The number of para-hydroxylation sites is 2. The molecule has 1 N–H and O–H groups in total. The Labute approximate surface area is 140 Å². The molecule has 0 radical (unpaired) electrons. The van der Waals surface area contributed by atoms with Crippen molar-refractivity contribution >= 4 is 16.9 Å². The van der Waals surface area contributed by atoms with Gasteiger partial charge >= 0.3 is 0 Å². The van der Waals surface area contributed by atoms with Crippen molar-refractivity contribution in [3.05, 3.63) is 48.0 Å². The van der Waals surface area contributed by atoms with Crippen LogP contribution in [-0.4, -0.2) is 37.6 Å². The van der Waals surface area contributed by atoms with Gasteiger partial charge in [-0.05, 0) is 38.0 Å². The van der Waals surface area contributed by atoms with Crippen LogP contribution in [0.25, 0.3) is 11.0 Å². The van der Waals surface area contributed by atoms with Gasteiger partial charge in [0.2, 0.25) is 5.91 Å². The van der Waals surface area contributed by atoms with E-state index < -0.39 is 0 Å². The average Bonchev–Trinajstić information content (AvgIpc) is 3.19. The normalized spacial score (nSPS) is 15.6. The number of H-pyrrole nitrogens is 1. The summed E-state index contributed by atoms with van der Waals surface area (Å²) in [6, 6.07) is 9.64. The summed E-state index contributed by atoms with van der Waals surface area (Å²) in [7, 11) is 1.83. The third-order valence-corrected chi connectivity index (χ3v) is 4.69. The van der Waals surface area contributed by atoms with Crippen molar-refractivity contribution in [2.24, 2.45) is 0 Å². The molecule has 6 heteroatoms. The molecule has 4 rings (SSSR count). The van der Waals surface area contributed by atoms with Gasteiger partial charge < -0.3 is 9.47 Å². The number of hydrogen-bond acceptors (Lipinski definition) is 3. The van der Waals surface area contributed by atoms with E-state index in [4.69, 9.17) is 0 Å². The minimum Gasteiger partial charge on any atom is -0.338 e. The molecule has 1 atom stereocenters. The van der Waals surface area contributed by atoms with E-state index in [1.165, 1.54) is 12.8 Å². The Bertz CT molecular complexity index is 876. The first-order valence-corrected chi connectivity index (χ1v) is 8.34. The first-order valence-electron chi connectivity index (χ1n) is 8.34. The number of aromatic nitrogens is 4. The maximum atomic E-state index is 12.8. The largest absolute Gasteiger partial charge is 0.338 e. The number of nitrogens with one attached hydrogen (secondary N) is 1. The summed E-state index contributed by atoms with van der Waals surface area (Å²) in [5.41, 5.74) is 3.99. The number of hydrogen-bond donors (Lipinski definition) is 1. The number of aromatic amines is 1. The van der Waals surface area contributed by atoms with E-state index >= 15 is 0 Å². The summed E-state index contributed by atoms with van der Waals surface area (Å²) in [6.45, 7) is 2.45. The molecule has 1 aliphatic rings. The molecule has 0 bridgehead atoms. The monoisotopic (exact) mass is 323 g/mol. The van der Waals surface area contributed by atoms with E-state index in [-0.39, 0.29) is 11.9 Å². The number of fused-ring (bicyclic) bond motifs is 1. The second kappa shape index (κ2) is 5.78. The lowest BCUT2D eigenvalue weighted by atomic mass is 10.2. The highest BCUT2D eigenvalue weighted by molar-refractivity contribution is 5.83. The zero-order chi connectivity index (χ0) is 16.7.